The SMILES string of the molecule is Cc1c(CCCN2CCOCC2)[nH]c(C2=CC(c3[nH]c(CCCN4CCOCC4)c(C)c3C)CCC2)c1C. The third kappa shape index (κ3) is 6.47. The van der Waals surface area contributed by atoms with E-state index in [1.54, 1.807) is 0 Å². The maximum atomic E-state index is 5.50. The molecule has 0 radical (unpaired) electrons. The van der Waals surface area contributed by atoms with Gasteiger partial charge in [0, 0.05) is 54.9 Å². The van der Waals surface area contributed by atoms with Crippen LogP contribution in [0.15, 0.2) is 6.08 Å². The molecule has 0 amide bonds. The Bertz CT molecular complexity index is 1090. The van der Waals surface area contributed by atoms with E-state index < -0.39 is 0 Å². The summed E-state index contributed by atoms with van der Waals surface area (Å²) in [5, 5.41) is 0. The number of allylic oxidation sites excluding steroid dienone is 2. The van der Waals surface area contributed by atoms with E-state index >= 15 is 0 Å². The lowest BCUT2D eigenvalue weighted by Crippen LogP contribution is -2.36. The molecule has 2 aromatic rings. The lowest BCUT2D eigenvalue weighted by Gasteiger charge is -2.26. The molecule has 6 nitrogen and oxygen atoms in total. The zero-order valence-corrected chi connectivity index (χ0v) is 24.4. The van der Waals surface area contributed by atoms with Gasteiger partial charge in [-0.25, -0.2) is 0 Å². The Balaban J connectivity index is 1.24. The summed E-state index contributed by atoms with van der Waals surface area (Å²) in [7, 11) is 0. The molecule has 2 aliphatic heterocycles. The van der Waals surface area contributed by atoms with E-state index in [9.17, 15) is 0 Å². The summed E-state index contributed by atoms with van der Waals surface area (Å²) in [6, 6.07) is 0. The molecule has 0 spiro atoms. The Morgan fingerprint density at radius 3 is 1.89 bits per heavy atom. The topological polar surface area (TPSA) is 56.5 Å². The average molecular weight is 523 g/mol. The Morgan fingerprint density at radius 1 is 0.737 bits per heavy atom. The number of aromatic nitrogens is 2. The Hall–Kier alpha value is -1.86. The van der Waals surface area contributed by atoms with Gasteiger partial charge in [-0.15, -0.1) is 0 Å². The van der Waals surface area contributed by atoms with Gasteiger partial charge in [-0.3, -0.25) is 9.80 Å². The average Bonchev–Trinajstić information content (AvgIpc) is 3.40. The highest BCUT2D eigenvalue weighted by molar-refractivity contribution is 5.69. The number of hydrogen-bond donors (Lipinski definition) is 2. The smallest absolute Gasteiger partial charge is 0.0594 e. The van der Waals surface area contributed by atoms with Gasteiger partial charge in [-0.1, -0.05) is 6.08 Å². The van der Waals surface area contributed by atoms with Gasteiger partial charge in [0.1, 0.15) is 0 Å². The summed E-state index contributed by atoms with van der Waals surface area (Å²) >= 11 is 0. The summed E-state index contributed by atoms with van der Waals surface area (Å²) in [6.45, 7) is 19.5. The molecule has 1 unspecified atom stereocenters. The lowest BCUT2D eigenvalue weighted by atomic mass is 9.85. The monoisotopic (exact) mass is 522 g/mol. The van der Waals surface area contributed by atoms with E-state index in [4.69, 9.17) is 9.47 Å². The minimum Gasteiger partial charge on any atom is -0.379 e. The zero-order valence-electron chi connectivity index (χ0n) is 24.4. The molecule has 4 heterocycles. The maximum absolute atomic E-state index is 5.50. The van der Waals surface area contributed by atoms with Gasteiger partial charge < -0.3 is 19.4 Å². The lowest BCUT2D eigenvalue weighted by molar-refractivity contribution is 0.0374. The van der Waals surface area contributed by atoms with Gasteiger partial charge >= 0.3 is 0 Å². The van der Waals surface area contributed by atoms with E-state index in [1.165, 1.54) is 95.8 Å². The molecule has 2 aromatic heterocycles. The largest absolute Gasteiger partial charge is 0.379 e. The Labute approximate surface area is 230 Å². The highest BCUT2D eigenvalue weighted by Crippen LogP contribution is 2.39. The molecular weight excluding hydrogens is 472 g/mol. The van der Waals surface area contributed by atoms with Crippen molar-refractivity contribution in [2.24, 2.45) is 0 Å². The first-order valence-corrected chi connectivity index (χ1v) is 15.2. The Kier molecular flexibility index (Phi) is 9.47. The van der Waals surface area contributed by atoms with Crippen molar-refractivity contribution in [1.29, 1.82) is 0 Å². The molecule has 0 bridgehead atoms. The van der Waals surface area contributed by atoms with Crippen LogP contribution in [0.5, 0.6) is 0 Å². The summed E-state index contributed by atoms with van der Waals surface area (Å²) < 4.78 is 11.0. The molecule has 1 aliphatic carbocycles. The molecule has 5 rings (SSSR count). The second-order valence-electron chi connectivity index (χ2n) is 11.8. The Morgan fingerprint density at radius 2 is 1.29 bits per heavy atom. The summed E-state index contributed by atoms with van der Waals surface area (Å²) in [5.41, 5.74) is 13.1. The zero-order chi connectivity index (χ0) is 26.5. The molecule has 1 atom stereocenters. The number of aromatic amines is 2. The molecule has 2 saturated heterocycles. The first-order chi connectivity index (χ1) is 18.5. The number of rotatable bonds is 10. The van der Waals surface area contributed by atoms with Gasteiger partial charge in [0.05, 0.1) is 26.4 Å². The summed E-state index contributed by atoms with van der Waals surface area (Å²) in [4.78, 5) is 12.9. The third-order valence-electron chi connectivity index (χ3n) is 9.44. The second-order valence-corrected chi connectivity index (χ2v) is 11.8. The molecular formula is C32H50N4O2. The maximum Gasteiger partial charge on any atom is 0.0594 e. The van der Waals surface area contributed by atoms with Crippen LogP contribution in [0.3, 0.4) is 0 Å². The van der Waals surface area contributed by atoms with Crippen molar-refractivity contribution < 1.29 is 9.47 Å². The first kappa shape index (κ1) is 27.7. The van der Waals surface area contributed by atoms with Gasteiger partial charge in [0.25, 0.3) is 0 Å². The number of ether oxygens (including phenoxy) is 2. The summed E-state index contributed by atoms with van der Waals surface area (Å²) in [5.74, 6) is 0.484. The van der Waals surface area contributed by atoms with Gasteiger partial charge in [0.2, 0.25) is 0 Å². The molecule has 210 valence electrons. The van der Waals surface area contributed by atoms with Crippen molar-refractivity contribution in [1.82, 2.24) is 19.8 Å². The predicted octanol–water partition coefficient (Wildman–Crippen LogP) is 5.46. The molecule has 38 heavy (non-hydrogen) atoms. The van der Waals surface area contributed by atoms with Crippen LogP contribution in [0.4, 0.5) is 0 Å². The fraction of sp³-hybridized carbons (Fsp3) is 0.688. The highest BCUT2D eigenvalue weighted by atomic mass is 16.5. The van der Waals surface area contributed by atoms with Crippen molar-refractivity contribution in [2.45, 2.75) is 78.6 Å². The first-order valence-electron chi connectivity index (χ1n) is 15.2. The summed E-state index contributed by atoms with van der Waals surface area (Å²) in [6.07, 6.45) is 10.9. The van der Waals surface area contributed by atoms with Gasteiger partial charge in [-0.05, 0) is 114 Å². The minimum atomic E-state index is 0.484. The van der Waals surface area contributed by atoms with Crippen molar-refractivity contribution in [3.05, 3.63) is 51.1 Å². The standard InChI is InChI=1S/C32H50N4O2/c1-23-25(3)31(33-29(23)10-6-12-35-14-18-37-19-15-35)27-8-5-9-28(22-27)32-26(4)24(2)30(34-32)11-7-13-36-16-20-38-21-17-36/h22,27,33-34H,5-21H2,1-4H3. The van der Waals surface area contributed by atoms with Crippen LogP contribution in [0, 0.1) is 27.7 Å². The van der Waals surface area contributed by atoms with Crippen LogP contribution < -0.4 is 0 Å². The van der Waals surface area contributed by atoms with Gasteiger partial charge in [-0.2, -0.15) is 0 Å². The van der Waals surface area contributed by atoms with Gasteiger partial charge in [0.15, 0.2) is 0 Å². The van der Waals surface area contributed by atoms with E-state index in [0.717, 1.165) is 65.4 Å². The van der Waals surface area contributed by atoms with E-state index in [1.807, 2.05) is 0 Å². The van der Waals surface area contributed by atoms with Crippen molar-refractivity contribution in [3.63, 3.8) is 0 Å². The van der Waals surface area contributed by atoms with Crippen LogP contribution in [-0.4, -0.2) is 85.5 Å². The van der Waals surface area contributed by atoms with E-state index in [0.29, 0.717) is 5.92 Å². The molecule has 0 saturated carbocycles. The third-order valence-corrected chi connectivity index (χ3v) is 9.44. The highest BCUT2D eigenvalue weighted by Gasteiger charge is 2.24. The van der Waals surface area contributed by atoms with Crippen LogP contribution in [0.2, 0.25) is 0 Å². The predicted molar refractivity (Wildman–Crippen MR) is 156 cm³/mol. The van der Waals surface area contributed by atoms with Crippen molar-refractivity contribution in [3.8, 4) is 0 Å². The molecule has 2 fully saturated rings. The van der Waals surface area contributed by atoms with E-state index in [-0.39, 0.29) is 0 Å². The number of aryl methyl sites for hydroxylation is 2. The molecule has 2 N–H and O–H groups in total. The van der Waals surface area contributed by atoms with Crippen LogP contribution in [0.1, 0.15) is 83.1 Å². The fourth-order valence-corrected chi connectivity index (χ4v) is 6.69. The number of H-pyrrole nitrogens is 2. The fourth-order valence-electron chi connectivity index (χ4n) is 6.69. The molecule has 6 heteroatoms. The molecule has 0 aromatic carbocycles. The number of hydrogen-bond acceptors (Lipinski definition) is 4. The van der Waals surface area contributed by atoms with Crippen molar-refractivity contribution >= 4 is 5.57 Å². The van der Waals surface area contributed by atoms with Crippen LogP contribution in [-0.2, 0) is 22.3 Å². The quantitative estimate of drug-likeness (QED) is 0.435. The number of morpholine rings is 2. The second kappa shape index (κ2) is 13.0. The number of nitrogens with one attached hydrogen (secondary N) is 2. The number of nitrogens with zero attached hydrogens (tertiary/aromatic N) is 2. The van der Waals surface area contributed by atoms with Crippen molar-refractivity contribution in [2.75, 3.05) is 65.7 Å². The van der Waals surface area contributed by atoms with Crippen LogP contribution in [0.25, 0.3) is 5.57 Å². The van der Waals surface area contributed by atoms with Crippen LogP contribution >= 0.6 is 0 Å². The minimum absolute atomic E-state index is 0.484. The normalized spacial score (nSPS) is 21.7. The van der Waals surface area contributed by atoms with E-state index in [2.05, 4.69) is 53.5 Å². The molecule has 3 aliphatic rings.